The van der Waals surface area contributed by atoms with Gasteiger partial charge in [-0.2, -0.15) is 0 Å². The first-order valence-corrected chi connectivity index (χ1v) is 15.7. The zero-order valence-corrected chi connectivity index (χ0v) is 25.9. The van der Waals surface area contributed by atoms with Crippen LogP contribution in [0.2, 0.25) is 0 Å². The van der Waals surface area contributed by atoms with E-state index >= 15 is 0 Å². The molecular weight excluding hydrogens is 468 g/mol. The number of rotatable bonds is 17. The second-order valence-corrected chi connectivity index (χ2v) is 11.4. The standard InChI is InChI=1S/C39H56/c1-7-10-11-12-13-14-15-16-17-18-19-20-25-35-26-21-22-28-37(31-35)39(34(6)30-33(5)32(4)8-2)38-29-24-23-27-36(38)9-3/h9,14-15,17-18,21-24,26-29,34,36H,3,7-8,10-13,16,19-20,25,30-31H2,1-2,4-6H3/b15-14-,18-17-,33-32-,39-38-. The second-order valence-electron chi connectivity index (χ2n) is 11.4. The first kappa shape index (κ1) is 32.6. The van der Waals surface area contributed by atoms with Crippen LogP contribution in [-0.4, -0.2) is 0 Å². The first-order valence-electron chi connectivity index (χ1n) is 15.7. The van der Waals surface area contributed by atoms with Crippen LogP contribution in [0.25, 0.3) is 0 Å². The third-order valence-electron chi connectivity index (χ3n) is 8.20. The molecular formula is C39H56. The molecule has 0 aliphatic heterocycles. The van der Waals surface area contributed by atoms with Crippen LogP contribution in [0, 0.1) is 11.8 Å². The van der Waals surface area contributed by atoms with Gasteiger partial charge in [-0.05, 0) is 94.3 Å². The molecule has 0 radical (unpaired) electrons. The van der Waals surface area contributed by atoms with Crippen molar-refractivity contribution >= 4 is 0 Å². The van der Waals surface area contributed by atoms with Crippen LogP contribution in [0.15, 0.2) is 119 Å². The Morgan fingerprint density at radius 2 is 1.64 bits per heavy atom. The fourth-order valence-corrected chi connectivity index (χ4v) is 5.58. The van der Waals surface area contributed by atoms with E-state index in [1.54, 1.807) is 5.57 Å². The predicted molar refractivity (Wildman–Crippen MR) is 177 cm³/mol. The lowest BCUT2D eigenvalue weighted by Crippen LogP contribution is -2.12. The first-order chi connectivity index (χ1) is 19.0. The quantitative estimate of drug-likeness (QED) is 0.131. The molecule has 0 spiro atoms. The highest BCUT2D eigenvalue weighted by Gasteiger charge is 2.23. The van der Waals surface area contributed by atoms with E-state index in [2.05, 4.69) is 120 Å². The van der Waals surface area contributed by atoms with Gasteiger partial charge in [-0.25, -0.2) is 0 Å². The molecule has 0 nitrogen and oxygen atoms in total. The predicted octanol–water partition coefficient (Wildman–Crippen LogP) is 12.4. The lowest BCUT2D eigenvalue weighted by molar-refractivity contribution is 0.653. The molecule has 0 aromatic rings. The lowest BCUT2D eigenvalue weighted by Gasteiger charge is -2.27. The molecule has 212 valence electrons. The summed E-state index contributed by atoms with van der Waals surface area (Å²) in [6.45, 7) is 15.7. The van der Waals surface area contributed by atoms with E-state index in [9.17, 15) is 0 Å². The van der Waals surface area contributed by atoms with Crippen LogP contribution >= 0.6 is 0 Å². The Bertz CT molecular complexity index is 1020. The Balaban J connectivity index is 2.04. The van der Waals surface area contributed by atoms with E-state index in [-0.39, 0.29) is 5.92 Å². The van der Waals surface area contributed by atoms with Gasteiger partial charge >= 0.3 is 0 Å². The Morgan fingerprint density at radius 3 is 2.36 bits per heavy atom. The highest BCUT2D eigenvalue weighted by molar-refractivity contribution is 5.51. The van der Waals surface area contributed by atoms with Crippen LogP contribution in [0.1, 0.15) is 112 Å². The van der Waals surface area contributed by atoms with Gasteiger partial charge in [0.25, 0.3) is 0 Å². The minimum Gasteiger partial charge on any atom is -0.102 e. The molecule has 2 unspecified atom stereocenters. The highest BCUT2D eigenvalue weighted by atomic mass is 14.3. The van der Waals surface area contributed by atoms with Crippen LogP contribution in [-0.2, 0) is 0 Å². The Kier molecular flexibility index (Phi) is 16.3. The fourth-order valence-electron chi connectivity index (χ4n) is 5.58. The molecule has 0 heterocycles. The largest absolute Gasteiger partial charge is 0.102 e. The van der Waals surface area contributed by atoms with Gasteiger partial charge in [-0.3, -0.25) is 0 Å². The van der Waals surface area contributed by atoms with Gasteiger partial charge in [-0.15, -0.1) is 6.58 Å². The van der Waals surface area contributed by atoms with E-state index in [1.165, 1.54) is 66.4 Å². The number of allylic oxidation sites excluding steroid dienone is 19. The van der Waals surface area contributed by atoms with Crippen molar-refractivity contribution in [2.75, 3.05) is 0 Å². The maximum Gasteiger partial charge on any atom is 0.0202 e. The van der Waals surface area contributed by atoms with Crippen molar-refractivity contribution in [3.05, 3.63) is 119 Å². The molecule has 0 aromatic carbocycles. The summed E-state index contributed by atoms with van der Waals surface area (Å²) in [6, 6.07) is 0. The Morgan fingerprint density at radius 1 is 0.897 bits per heavy atom. The van der Waals surface area contributed by atoms with Gasteiger partial charge in [0.15, 0.2) is 0 Å². The van der Waals surface area contributed by atoms with Gasteiger partial charge in [0.05, 0.1) is 0 Å². The van der Waals surface area contributed by atoms with Gasteiger partial charge in [0.1, 0.15) is 0 Å². The van der Waals surface area contributed by atoms with Crippen molar-refractivity contribution in [2.24, 2.45) is 11.8 Å². The molecule has 0 N–H and O–H groups in total. The topological polar surface area (TPSA) is 0 Å². The molecule has 39 heavy (non-hydrogen) atoms. The number of hydrogen-bond acceptors (Lipinski definition) is 0. The molecule has 0 bridgehead atoms. The Labute approximate surface area is 242 Å². The summed E-state index contributed by atoms with van der Waals surface area (Å²) in [5, 5.41) is 0. The van der Waals surface area contributed by atoms with E-state index in [1.807, 2.05) is 0 Å². The zero-order valence-electron chi connectivity index (χ0n) is 25.9. The van der Waals surface area contributed by atoms with Crippen molar-refractivity contribution in [3.63, 3.8) is 0 Å². The van der Waals surface area contributed by atoms with Gasteiger partial charge in [0, 0.05) is 5.92 Å². The van der Waals surface area contributed by atoms with Gasteiger partial charge < -0.3 is 0 Å². The Hall–Kier alpha value is -2.60. The smallest absolute Gasteiger partial charge is 0.0202 e. The molecule has 0 amide bonds. The van der Waals surface area contributed by atoms with E-state index < -0.39 is 0 Å². The fraction of sp³-hybridized carbons (Fsp3) is 0.487. The van der Waals surface area contributed by atoms with Crippen molar-refractivity contribution in [1.82, 2.24) is 0 Å². The van der Waals surface area contributed by atoms with Crippen molar-refractivity contribution < 1.29 is 0 Å². The monoisotopic (exact) mass is 524 g/mol. The summed E-state index contributed by atoms with van der Waals surface area (Å²) >= 11 is 0. The summed E-state index contributed by atoms with van der Waals surface area (Å²) < 4.78 is 0. The van der Waals surface area contributed by atoms with Crippen LogP contribution in [0.5, 0.6) is 0 Å². The summed E-state index contributed by atoms with van der Waals surface area (Å²) in [5.74, 6) is 0.738. The molecule has 2 atom stereocenters. The van der Waals surface area contributed by atoms with E-state index in [0.29, 0.717) is 5.92 Å². The van der Waals surface area contributed by atoms with E-state index in [0.717, 1.165) is 38.5 Å². The molecule has 2 aliphatic carbocycles. The zero-order chi connectivity index (χ0) is 28.3. The summed E-state index contributed by atoms with van der Waals surface area (Å²) in [5.41, 5.74) is 9.02. The number of unbranched alkanes of at least 4 members (excludes halogenated alkanes) is 5. The molecule has 0 fully saturated rings. The van der Waals surface area contributed by atoms with E-state index in [4.69, 9.17) is 0 Å². The average molecular weight is 525 g/mol. The minimum atomic E-state index is 0.278. The molecule has 0 saturated heterocycles. The molecule has 0 aromatic heterocycles. The molecule has 0 heteroatoms. The third-order valence-corrected chi connectivity index (χ3v) is 8.20. The highest BCUT2D eigenvalue weighted by Crippen LogP contribution is 2.38. The SMILES string of the molecule is C=CC1C=CC=C/C1=C(/C1=CC=CC=C(CCC/C=C\C/C=C\CCCCCC)C1)C(C)C/C(C)=C(/C)CC. The normalized spacial score (nSPS) is 20.2. The molecule has 2 aliphatic rings. The average Bonchev–Trinajstić information content (AvgIpc) is 3.19. The maximum atomic E-state index is 4.17. The van der Waals surface area contributed by atoms with Crippen LogP contribution in [0.3, 0.4) is 0 Å². The number of hydrogen-bond donors (Lipinski definition) is 0. The van der Waals surface area contributed by atoms with Crippen LogP contribution in [0.4, 0.5) is 0 Å². The minimum absolute atomic E-state index is 0.278. The second kappa shape index (κ2) is 19.5. The maximum absolute atomic E-state index is 4.17. The lowest BCUT2D eigenvalue weighted by atomic mass is 9.78. The summed E-state index contributed by atoms with van der Waals surface area (Å²) in [7, 11) is 0. The summed E-state index contributed by atoms with van der Waals surface area (Å²) in [4.78, 5) is 0. The van der Waals surface area contributed by atoms with Gasteiger partial charge in [-0.1, -0.05) is 136 Å². The van der Waals surface area contributed by atoms with Crippen molar-refractivity contribution in [2.45, 2.75) is 112 Å². The van der Waals surface area contributed by atoms with Crippen molar-refractivity contribution in [3.8, 4) is 0 Å². The van der Waals surface area contributed by atoms with Crippen LogP contribution < -0.4 is 0 Å². The molecule has 2 rings (SSSR count). The molecule has 0 saturated carbocycles. The van der Waals surface area contributed by atoms with Crippen molar-refractivity contribution in [1.29, 1.82) is 0 Å². The summed E-state index contributed by atoms with van der Waals surface area (Å²) in [6.07, 6.45) is 44.2. The van der Waals surface area contributed by atoms with Gasteiger partial charge in [0.2, 0.25) is 0 Å². The third kappa shape index (κ3) is 12.0.